The third kappa shape index (κ3) is 3.08. The van der Waals surface area contributed by atoms with Gasteiger partial charge in [-0.3, -0.25) is 9.59 Å². The summed E-state index contributed by atoms with van der Waals surface area (Å²) in [5, 5.41) is 0. The second-order valence-electron chi connectivity index (χ2n) is 10.1. The highest BCUT2D eigenvalue weighted by atomic mass is 79.9. The van der Waals surface area contributed by atoms with Crippen molar-refractivity contribution in [3.8, 4) is 0 Å². The highest BCUT2D eigenvalue weighted by molar-refractivity contribution is 9.10. The van der Waals surface area contributed by atoms with Crippen molar-refractivity contribution in [1.82, 2.24) is 0 Å². The molecule has 0 heterocycles. The maximum atomic E-state index is 13.8. The number of allylic oxidation sites excluding steroid dienone is 1. The summed E-state index contributed by atoms with van der Waals surface area (Å²) in [6.07, 6.45) is 6.32. The number of ether oxygens (including phenoxy) is 2. The zero-order chi connectivity index (χ0) is 24.1. The predicted molar refractivity (Wildman–Crippen MR) is 134 cm³/mol. The minimum Gasteiger partial charge on any atom is -0.468 e. The molecule has 5 heteroatoms. The molecule has 5 atom stereocenters. The third-order valence-corrected chi connectivity index (χ3v) is 9.59. The topological polar surface area (TPSA) is 52.6 Å². The van der Waals surface area contributed by atoms with Crippen LogP contribution in [0.5, 0.6) is 0 Å². The van der Waals surface area contributed by atoms with E-state index in [0.717, 1.165) is 41.3 Å². The monoisotopic (exact) mass is 522 g/mol. The molecule has 0 aliphatic heterocycles. The summed E-state index contributed by atoms with van der Waals surface area (Å²) in [6, 6.07) is 16.7. The molecule has 2 aromatic rings. The van der Waals surface area contributed by atoms with Crippen LogP contribution in [0.25, 0.3) is 0 Å². The minimum atomic E-state index is -1.42. The maximum Gasteiger partial charge on any atom is 0.323 e. The Morgan fingerprint density at radius 3 is 2.32 bits per heavy atom. The Kier molecular flexibility index (Phi) is 5.96. The summed E-state index contributed by atoms with van der Waals surface area (Å²) >= 11 is 3.57. The molecule has 2 aromatic carbocycles. The summed E-state index contributed by atoms with van der Waals surface area (Å²) < 4.78 is 11.9. The third-order valence-electron chi connectivity index (χ3n) is 9.06. The van der Waals surface area contributed by atoms with Crippen molar-refractivity contribution in [1.29, 1.82) is 0 Å². The van der Waals surface area contributed by atoms with Crippen molar-refractivity contribution in [3.63, 3.8) is 0 Å². The first kappa shape index (κ1) is 23.3. The molecule has 0 radical (unpaired) electrons. The Bertz CT molecular complexity index is 1110. The van der Waals surface area contributed by atoms with E-state index < -0.39 is 22.8 Å². The number of methoxy groups -OCH3 is 2. The van der Waals surface area contributed by atoms with Crippen molar-refractivity contribution in [2.75, 3.05) is 14.2 Å². The van der Waals surface area contributed by atoms with Crippen LogP contribution in [-0.4, -0.2) is 26.2 Å². The van der Waals surface area contributed by atoms with Gasteiger partial charge in [0.1, 0.15) is 0 Å². The van der Waals surface area contributed by atoms with Crippen molar-refractivity contribution in [3.05, 3.63) is 82.3 Å². The van der Waals surface area contributed by atoms with Crippen LogP contribution in [0.1, 0.15) is 48.3 Å². The SMILES string of the molecule is C=C[C@@H]1CC[C@H]2[C@@H]3CCc4ccccc4[C@@H]3C(C(=O)OC)(C(=O)OC)C[C@]12c1ccc(Br)cc1. The molecule has 0 saturated heterocycles. The van der Waals surface area contributed by atoms with E-state index in [9.17, 15) is 9.59 Å². The lowest BCUT2D eigenvalue weighted by atomic mass is 9.43. The van der Waals surface area contributed by atoms with Gasteiger partial charge in [-0.25, -0.2) is 0 Å². The van der Waals surface area contributed by atoms with Gasteiger partial charge >= 0.3 is 11.9 Å². The van der Waals surface area contributed by atoms with Gasteiger partial charge in [-0.1, -0.05) is 58.4 Å². The summed E-state index contributed by atoms with van der Waals surface area (Å²) in [6.45, 7) is 4.20. The Labute approximate surface area is 209 Å². The molecule has 0 bridgehead atoms. The van der Waals surface area contributed by atoms with E-state index in [-0.39, 0.29) is 17.8 Å². The molecule has 4 nitrogen and oxygen atoms in total. The number of carbonyl (C=O) groups excluding carboxylic acids is 2. The summed E-state index contributed by atoms with van der Waals surface area (Å²) in [5.41, 5.74) is 1.67. The molecule has 5 rings (SSSR count). The van der Waals surface area contributed by atoms with Crippen LogP contribution in [0, 0.1) is 23.2 Å². The number of rotatable bonds is 4. The summed E-state index contributed by atoms with van der Waals surface area (Å²) in [5.74, 6) is -0.598. The summed E-state index contributed by atoms with van der Waals surface area (Å²) in [4.78, 5) is 27.6. The smallest absolute Gasteiger partial charge is 0.323 e. The molecular weight excluding hydrogens is 492 g/mol. The number of halogens is 1. The first-order valence-corrected chi connectivity index (χ1v) is 12.9. The molecule has 0 amide bonds. The van der Waals surface area contributed by atoms with Gasteiger partial charge in [0.15, 0.2) is 5.41 Å². The number of carbonyl (C=O) groups is 2. The van der Waals surface area contributed by atoms with Gasteiger partial charge in [-0.05, 0) is 78.7 Å². The van der Waals surface area contributed by atoms with E-state index >= 15 is 0 Å². The molecule has 3 aliphatic carbocycles. The second kappa shape index (κ2) is 8.67. The molecule has 2 fully saturated rings. The van der Waals surface area contributed by atoms with E-state index in [1.54, 1.807) is 0 Å². The quantitative estimate of drug-likeness (QED) is 0.281. The highest BCUT2D eigenvalue weighted by Crippen LogP contribution is 2.69. The van der Waals surface area contributed by atoms with Gasteiger partial charge in [0, 0.05) is 15.8 Å². The number of benzene rings is 2. The maximum absolute atomic E-state index is 13.8. The molecule has 178 valence electrons. The fraction of sp³-hybridized carbons (Fsp3) is 0.448. The Morgan fingerprint density at radius 2 is 1.68 bits per heavy atom. The molecule has 0 spiro atoms. The largest absolute Gasteiger partial charge is 0.468 e. The van der Waals surface area contributed by atoms with Crippen LogP contribution in [0.3, 0.4) is 0 Å². The fourth-order valence-corrected chi connectivity index (χ4v) is 8.16. The first-order chi connectivity index (χ1) is 16.4. The number of hydrogen-bond acceptors (Lipinski definition) is 4. The molecular formula is C29H31BrO4. The lowest BCUT2D eigenvalue weighted by Gasteiger charge is -2.58. The lowest BCUT2D eigenvalue weighted by molar-refractivity contribution is -0.181. The molecule has 0 unspecified atom stereocenters. The van der Waals surface area contributed by atoms with Gasteiger partial charge in [-0.2, -0.15) is 0 Å². The van der Waals surface area contributed by atoms with E-state index in [1.807, 2.05) is 18.2 Å². The van der Waals surface area contributed by atoms with Crippen molar-refractivity contribution in [2.45, 2.75) is 43.4 Å². The average Bonchev–Trinajstić information content (AvgIpc) is 3.26. The van der Waals surface area contributed by atoms with Gasteiger partial charge in [-0.15, -0.1) is 6.58 Å². The first-order valence-electron chi connectivity index (χ1n) is 12.1. The molecule has 34 heavy (non-hydrogen) atoms. The van der Waals surface area contributed by atoms with Gasteiger partial charge in [0.25, 0.3) is 0 Å². The lowest BCUT2D eigenvalue weighted by Crippen LogP contribution is -2.61. The number of esters is 2. The van der Waals surface area contributed by atoms with E-state index in [4.69, 9.17) is 9.47 Å². The molecule has 0 N–H and O–H groups in total. The molecule has 0 aromatic heterocycles. The molecule has 3 aliphatic rings. The van der Waals surface area contributed by atoms with Crippen LogP contribution in [0.2, 0.25) is 0 Å². The van der Waals surface area contributed by atoms with Crippen molar-refractivity contribution < 1.29 is 19.1 Å². The van der Waals surface area contributed by atoms with Crippen molar-refractivity contribution in [2.24, 2.45) is 23.2 Å². The van der Waals surface area contributed by atoms with E-state index in [2.05, 4.69) is 58.9 Å². The van der Waals surface area contributed by atoms with Crippen LogP contribution < -0.4 is 0 Å². The van der Waals surface area contributed by atoms with Gasteiger partial charge in [0.2, 0.25) is 0 Å². The van der Waals surface area contributed by atoms with Gasteiger partial charge in [0.05, 0.1) is 14.2 Å². The average molecular weight is 523 g/mol. The van der Waals surface area contributed by atoms with Crippen LogP contribution >= 0.6 is 15.9 Å². The summed E-state index contributed by atoms with van der Waals surface area (Å²) in [7, 11) is 2.77. The number of fused-ring (bicyclic) bond motifs is 5. The zero-order valence-electron chi connectivity index (χ0n) is 19.8. The number of hydrogen-bond donors (Lipinski definition) is 0. The van der Waals surface area contributed by atoms with Crippen LogP contribution in [0.4, 0.5) is 0 Å². The standard InChI is InChI=1S/C29H31BrO4/c1-4-19-12-16-24-23-15-9-18-7-5-6-8-22(18)25(23)29(26(31)33-2,27(32)34-3)17-28(19,24)20-10-13-21(30)14-11-20/h4-8,10-11,13-14,19,23-25H,1,9,12,15-17H2,2-3H3/t19-,23+,24+,25+,28-/m1/s1. The Hall–Kier alpha value is -2.40. The Balaban J connectivity index is 1.82. The van der Waals surface area contributed by atoms with Crippen molar-refractivity contribution >= 4 is 27.9 Å². The molecule has 2 saturated carbocycles. The zero-order valence-corrected chi connectivity index (χ0v) is 21.3. The van der Waals surface area contributed by atoms with E-state index in [0.29, 0.717) is 12.3 Å². The van der Waals surface area contributed by atoms with E-state index in [1.165, 1.54) is 19.8 Å². The van der Waals surface area contributed by atoms with Crippen LogP contribution in [0.15, 0.2) is 65.7 Å². The van der Waals surface area contributed by atoms with Gasteiger partial charge < -0.3 is 9.47 Å². The Morgan fingerprint density at radius 1 is 1.00 bits per heavy atom. The number of aryl methyl sites for hydroxylation is 1. The normalized spacial score (nSPS) is 30.9. The minimum absolute atomic E-state index is 0.158. The predicted octanol–water partition coefficient (Wildman–Crippen LogP) is 5.98. The highest BCUT2D eigenvalue weighted by Gasteiger charge is 2.70. The second-order valence-corrected chi connectivity index (χ2v) is 11.0. The fourth-order valence-electron chi connectivity index (χ4n) is 7.89. The van der Waals surface area contributed by atoms with Crippen LogP contribution in [-0.2, 0) is 30.9 Å².